The summed E-state index contributed by atoms with van der Waals surface area (Å²) in [7, 11) is 1.59. The van der Waals surface area contributed by atoms with Crippen LogP contribution in [0.5, 0.6) is 5.75 Å². The largest absolute Gasteiger partial charge is 0.497 e. The van der Waals surface area contributed by atoms with Gasteiger partial charge in [0.05, 0.1) is 13.4 Å². The summed E-state index contributed by atoms with van der Waals surface area (Å²) in [6.45, 7) is 0. The van der Waals surface area contributed by atoms with Crippen molar-refractivity contribution in [3.8, 4) is 28.9 Å². The molecular weight excluding hydrogens is 234 g/mol. The molecule has 18 heavy (non-hydrogen) atoms. The molecule has 0 saturated carbocycles. The molecule has 0 saturated heterocycles. The lowest BCUT2D eigenvalue weighted by Crippen LogP contribution is -1.88. The van der Waals surface area contributed by atoms with Gasteiger partial charge < -0.3 is 13.7 Å². The summed E-state index contributed by atoms with van der Waals surface area (Å²) in [4.78, 5) is 8.37. The zero-order valence-corrected chi connectivity index (χ0v) is 9.53. The first-order valence-corrected chi connectivity index (χ1v) is 5.25. The number of rotatable bonds is 3. The number of methoxy groups -OCH3 is 1. The molecule has 0 bridgehead atoms. The number of pyridine rings is 1. The van der Waals surface area contributed by atoms with Crippen molar-refractivity contribution in [1.82, 2.24) is 15.1 Å². The van der Waals surface area contributed by atoms with Crippen LogP contribution in [0.4, 0.5) is 0 Å². The smallest absolute Gasteiger partial charge is 0.293 e. The summed E-state index contributed by atoms with van der Waals surface area (Å²) in [6, 6.07) is 6.98. The number of hydrogen-bond acceptors (Lipinski definition) is 6. The molecule has 0 amide bonds. The highest BCUT2D eigenvalue weighted by Gasteiger charge is 2.13. The molecule has 0 aliphatic heterocycles. The summed E-state index contributed by atoms with van der Waals surface area (Å²) >= 11 is 0. The summed E-state index contributed by atoms with van der Waals surface area (Å²) in [5.74, 6) is 1.92. The summed E-state index contributed by atoms with van der Waals surface area (Å²) in [5.41, 5.74) is 0.580. The van der Waals surface area contributed by atoms with Crippen molar-refractivity contribution in [2.45, 2.75) is 0 Å². The Morgan fingerprint density at radius 3 is 3.00 bits per heavy atom. The van der Waals surface area contributed by atoms with E-state index in [1.807, 2.05) is 0 Å². The summed E-state index contributed by atoms with van der Waals surface area (Å²) < 4.78 is 15.4. The van der Waals surface area contributed by atoms with Gasteiger partial charge in [-0.2, -0.15) is 4.98 Å². The van der Waals surface area contributed by atoms with Crippen molar-refractivity contribution in [2.24, 2.45) is 0 Å². The number of ether oxygens (including phenoxy) is 1. The highest BCUT2D eigenvalue weighted by atomic mass is 16.5. The molecule has 0 fully saturated rings. The second-order valence-corrected chi connectivity index (χ2v) is 3.48. The lowest BCUT2D eigenvalue weighted by atomic mass is 10.3. The van der Waals surface area contributed by atoms with Gasteiger partial charge in [0.1, 0.15) is 11.4 Å². The Hall–Kier alpha value is -2.63. The number of furan rings is 1. The van der Waals surface area contributed by atoms with Crippen LogP contribution in [-0.2, 0) is 0 Å². The van der Waals surface area contributed by atoms with E-state index in [4.69, 9.17) is 13.7 Å². The van der Waals surface area contributed by atoms with Crippen LogP contribution >= 0.6 is 0 Å². The molecule has 0 unspecified atom stereocenters. The SMILES string of the molecule is COc1ccnc(-c2noc(-c3ccco3)n2)c1. The van der Waals surface area contributed by atoms with Gasteiger partial charge in [-0.25, -0.2) is 0 Å². The Morgan fingerprint density at radius 1 is 1.28 bits per heavy atom. The van der Waals surface area contributed by atoms with Gasteiger partial charge >= 0.3 is 0 Å². The van der Waals surface area contributed by atoms with Crippen LogP contribution in [-0.4, -0.2) is 22.2 Å². The second kappa shape index (κ2) is 4.33. The first kappa shape index (κ1) is 10.5. The van der Waals surface area contributed by atoms with Crippen LogP contribution in [0.3, 0.4) is 0 Å². The molecule has 0 spiro atoms. The molecule has 3 aromatic rings. The lowest BCUT2D eigenvalue weighted by Gasteiger charge is -1.98. The van der Waals surface area contributed by atoms with Crippen molar-refractivity contribution in [2.75, 3.05) is 7.11 Å². The van der Waals surface area contributed by atoms with Crippen molar-refractivity contribution in [1.29, 1.82) is 0 Å². The van der Waals surface area contributed by atoms with Gasteiger partial charge in [-0.3, -0.25) is 4.98 Å². The van der Waals surface area contributed by atoms with E-state index in [2.05, 4.69) is 15.1 Å². The Labute approximate surface area is 102 Å². The fourth-order valence-electron chi connectivity index (χ4n) is 1.49. The molecule has 0 radical (unpaired) electrons. The molecule has 6 heteroatoms. The topological polar surface area (TPSA) is 74.2 Å². The molecule has 0 atom stereocenters. The molecule has 6 nitrogen and oxygen atoms in total. The third-order valence-electron chi connectivity index (χ3n) is 2.35. The molecule has 90 valence electrons. The highest BCUT2D eigenvalue weighted by molar-refractivity contribution is 5.54. The van der Waals surface area contributed by atoms with Gasteiger partial charge in [0, 0.05) is 12.3 Å². The monoisotopic (exact) mass is 243 g/mol. The second-order valence-electron chi connectivity index (χ2n) is 3.48. The molecule has 0 aromatic carbocycles. The third-order valence-corrected chi connectivity index (χ3v) is 2.35. The van der Waals surface area contributed by atoms with Gasteiger partial charge in [0.25, 0.3) is 5.89 Å². The minimum atomic E-state index is 0.319. The Balaban J connectivity index is 1.97. The zero-order chi connectivity index (χ0) is 12.4. The van der Waals surface area contributed by atoms with Gasteiger partial charge in [-0.1, -0.05) is 5.16 Å². The Kier molecular flexibility index (Phi) is 2.53. The van der Waals surface area contributed by atoms with Crippen LogP contribution in [0.25, 0.3) is 23.2 Å². The molecule has 0 aliphatic rings. The van der Waals surface area contributed by atoms with E-state index in [-0.39, 0.29) is 0 Å². The van der Waals surface area contributed by atoms with E-state index in [1.165, 1.54) is 0 Å². The highest BCUT2D eigenvalue weighted by Crippen LogP contribution is 2.23. The average molecular weight is 243 g/mol. The van der Waals surface area contributed by atoms with E-state index in [0.29, 0.717) is 28.9 Å². The predicted octanol–water partition coefficient (Wildman–Crippen LogP) is 2.40. The van der Waals surface area contributed by atoms with Crippen LogP contribution < -0.4 is 4.74 Å². The van der Waals surface area contributed by atoms with Gasteiger partial charge in [0.2, 0.25) is 5.82 Å². The maximum Gasteiger partial charge on any atom is 0.293 e. The predicted molar refractivity (Wildman–Crippen MR) is 61.8 cm³/mol. The summed E-state index contributed by atoms with van der Waals surface area (Å²) in [5, 5.41) is 3.85. The summed E-state index contributed by atoms with van der Waals surface area (Å²) in [6.07, 6.45) is 3.17. The minimum Gasteiger partial charge on any atom is -0.497 e. The Bertz CT molecular complexity index is 646. The first-order valence-electron chi connectivity index (χ1n) is 5.25. The minimum absolute atomic E-state index is 0.319. The molecule has 3 heterocycles. The number of nitrogens with zero attached hydrogens (tertiary/aromatic N) is 3. The van der Waals surface area contributed by atoms with E-state index in [1.54, 1.807) is 43.8 Å². The number of hydrogen-bond donors (Lipinski definition) is 0. The Morgan fingerprint density at radius 2 is 2.22 bits per heavy atom. The van der Waals surface area contributed by atoms with E-state index < -0.39 is 0 Å². The van der Waals surface area contributed by atoms with Crippen molar-refractivity contribution in [3.05, 3.63) is 36.7 Å². The molecule has 3 rings (SSSR count). The zero-order valence-electron chi connectivity index (χ0n) is 9.53. The molecule has 0 N–H and O–H groups in total. The fraction of sp³-hybridized carbons (Fsp3) is 0.0833. The van der Waals surface area contributed by atoms with E-state index in [0.717, 1.165) is 0 Å². The quantitative estimate of drug-likeness (QED) is 0.703. The molecule has 3 aromatic heterocycles. The van der Waals surface area contributed by atoms with Crippen molar-refractivity contribution in [3.63, 3.8) is 0 Å². The standard InChI is InChI=1S/C12H9N3O3/c1-16-8-4-5-13-9(7-8)11-14-12(18-15-11)10-3-2-6-17-10/h2-7H,1H3. The normalized spacial score (nSPS) is 10.5. The first-order chi connectivity index (χ1) is 8.86. The third kappa shape index (κ3) is 1.84. The fourth-order valence-corrected chi connectivity index (χ4v) is 1.49. The van der Waals surface area contributed by atoms with Crippen LogP contribution in [0.15, 0.2) is 45.7 Å². The van der Waals surface area contributed by atoms with Crippen molar-refractivity contribution < 1.29 is 13.7 Å². The van der Waals surface area contributed by atoms with Crippen molar-refractivity contribution >= 4 is 0 Å². The maximum atomic E-state index is 5.17. The average Bonchev–Trinajstić information content (AvgIpc) is 3.09. The van der Waals surface area contributed by atoms with E-state index in [9.17, 15) is 0 Å². The van der Waals surface area contributed by atoms with Gasteiger partial charge in [-0.05, 0) is 18.2 Å². The van der Waals surface area contributed by atoms with Crippen LogP contribution in [0, 0.1) is 0 Å². The number of aromatic nitrogens is 3. The van der Waals surface area contributed by atoms with Gasteiger partial charge in [-0.15, -0.1) is 0 Å². The van der Waals surface area contributed by atoms with Crippen LogP contribution in [0.1, 0.15) is 0 Å². The van der Waals surface area contributed by atoms with Gasteiger partial charge in [0.15, 0.2) is 5.76 Å². The molecule has 0 aliphatic carbocycles. The van der Waals surface area contributed by atoms with E-state index >= 15 is 0 Å². The van der Waals surface area contributed by atoms with Crippen LogP contribution in [0.2, 0.25) is 0 Å². The lowest BCUT2D eigenvalue weighted by molar-refractivity contribution is 0.413. The molecular formula is C12H9N3O3. The maximum absolute atomic E-state index is 5.17.